The molecule has 26 heavy (non-hydrogen) atoms. The molecular formula is C19H18N4O3. The largest absolute Gasteiger partial charge is 0.347 e. The zero-order valence-electron chi connectivity index (χ0n) is 14.4. The van der Waals surface area contributed by atoms with Gasteiger partial charge in [-0.15, -0.1) is 0 Å². The minimum absolute atomic E-state index is 0.0218. The molecule has 1 saturated heterocycles. The molecule has 0 unspecified atom stereocenters. The van der Waals surface area contributed by atoms with Gasteiger partial charge in [0.25, 0.3) is 5.91 Å². The summed E-state index contributed by atoms with van der Waals surface area (Å²) in [5.74, 6) is 5.65. The summed E-state index contributed by atoms with van der Waals surface area (Å²) in [5, 5.41) is 11.1. The van der Waals surface area contributed by atoms with E-state index in [2.05, 4.69) is 16.8 Å². The predicted octanol–water partition coefficient (Wildman–Crippen LogP) is 2.00. The lowest BCUT2D eigenvalue weighted by molar-refractivity contribution is -0.384. The first-order valence-corrected chi connectivity index (χ1v) is 8.26. The molecule has 1 amide bonds. The number of nitro groups is 1. The highest BCUT2D eigenvalue weighted by Crippen LogP contribution is 2.25. The van der Waals surface area contributed by atoms with Crippen LogP contribution >= 0.6 is 0 Å². The maximum absolute atomic E-state index is 12.3. The molecule has 7 nitrogen and oxygen atoms in total. The van der Waals surface area contributed by atoms with Crippen molar-refractivity contribution in [3.8, 4) is 11.8 Å². The van der Waals surface area contributed by atoms with E-state index in [4.69, 9.17) is 0 Å². The number of carbonyl (C=O) groups is 1. The van der Waals surface area contributed by atoms with Gasteiger partial charge in [0.1, 0.15) is 0 Å². The summed E-state index contributed by atoms with van der Waals surface area (Å²) >= 11 is 0. The average molecular weight is 350 g/mol. The Bertz CT molecular complexity index is 876. The molecule has 7 heteroatoms. The van der Waals surface area contributed by atoms with E-state index >= 15 is 0 Å². The molecule has 0 N–H and O–H groups in total. The number of pyridine rings is 1. The second kappa shape index (κ2) is 7.66. The summed E-state index contributed by atoms with van der Waals surface area (Å²) in [5.41, 5.74) is 1.92. The second-order valence-corrected chi connectivity index (χ2v) is 6.00. The zero-order valence-corrected chi connectivity index (χ0v) is 14.4. The van der Waals surface area contributed by atoms with Gasteiger partial charge in [0.15, 0.2) is 0 Å². The van der Waals surface area contributed by atoms with E-state index in [-0.39, 0.29) is 11.6 Å². The number of carbonyl (C=O) groups excluding carboxylic acids is 1. The van der Waals surface area contributed by atoms with Gasteiger partial charge < -0.3 is 9.80 Å². The van der Waals surface area contributed by atoms with Crippen LogP contribution in [0, 0.1) is 28.9 Å². The first kappa shape index (κ1) is 17.4. The third-order valence-electron chi connectivity index (χ3n) is 4.19. The second-order valence-electron chi connectivity index (χ2n) is 6.00. The van der Waals surface area contributed by atoms with Gasteiger partial charge in [0.2, 0.25) is 5.82 Å². The number of amides is 1. The van der Waals surface area contributed by atoms with Crippen molar-refractivity contribution in [1.29, 1.82) is 0 Å². The Balaban J connectivity index is 1.63. The highest BCUT2D eigenvalue weighted by Gasteiger charge is 2.26. The molecule has 1 aromatic heterocycles. The van der Waals surface area contributed by atoms with Crippen LogP contribution in [0.15, 0.2) is 42.6 Å². The van der Waals surface area contributed by atoms with E-state index in [1.165, 1.54) is 12.3 Å². The molecule has 0 atom stereocenters. The summed E-state index contributed by atoms with van der Waals surface area (Å²) in [6.07, 6.45) is 1.53. The summed E-state index contributed by atoms with van der Waals surface area (Å²) in [7, 11) is 0. The van der Waals surface area contributed by atoms with E-state index in [1.54, 1.807) is 11.0 Å². The number of hydrogen-bond acceptors (Lipinski definition) is 5. The van der Waals surface area contributed by atoms with Gasteiger partial charge in [-0.25, -0.2) is 4.98 Å². The molecule has 0 radical (unpaired) electrons. The van der Waals surface area contributed by atoms with Gasteiger partial charge in [-0.1, -0.05) is 23.6 Å². The van der Waals surface area contributed by atoms with Crippen LogP contribution < -0.4 is 4.90 Å². The van der Waals surface area contributed by atoms with Crippen molar-refractivity contribution < 1.29 is 9.72 Å². The van der Waals surface area contributed by atoms with Crippen LogP contribution in [0.4, 0.5) is 11.5 Å². The van der Waals surface area contributed by atoms with Gasteiger partial charge in [-0.2, -0.15) is 0 Å². The molecule has 0 saturated carbocycles. The van der Waals surface area contributed by atoms with Crippen LogP contribution in [0.2, 0.25) is 0 Å². The van der Waals surface area contributed by atoms with Crippen molar-refractivity contribution in [2.75, 3.05) is 31.1 Å². The van der Waals surface area contributed by atoms with Gasteiger partial charge in [0, 0.05) is 49.9 Å². The van der Waals surface area contributed by atoms with Crippen LogP contribution in [0.25, 0.3) is 0 Å². The van der Waals surface area contributed by atoms with Crippen molar-refractivity contribution in [3.05, 3.63) is 63.8 Å². The highest BCUT2D eigenvalue weighted by atomic mass is 16.6. The van der Waals surface area contributed by atoms with Gasteiger partial charge in [-0.05, 0) is 25.1 Å². The fraction of sp³-hybridized carbons (Fsp3) is 0.263. The first-order valence-electron chi connectivity index (χ1n) is 8.26. The Morgan fingerprint density at radius 1 is 1.15 bits per heavy atom. The normalized spacial score (nSPS) is 13.7. The molecule has 3 rings (SSSR count). The Hall–Kier alpha value is -3.40. The molecule has 2 aromatic rings. The van der Waals surface area contributed by atoms with Gasteiger partial charge in [0.05, 0.1) is 4.92 Å². The lowest BCUT2D eigenvalue weighted by Gasteiger charge is -2.34. The van der Waals surface area contributed by atoms with Crippen molar-refractivity contribution in [2.45, 2.75) is 6.92 Å². The van der Waals surface area contributed by atoms with Crippen LogP contribution in [-0.2, 0) is 4.79 Å². The van der Waals surface area contributed by atoms with Crippen molar-refractivity contribution in [1.82, 2.24) is 9.88 Å². The number of piperazine rings is 1. The van der Waals surface area contributed by atoms with Crippen LogP contribution in [0.5, 0.6) is 0 Å². The standard InChI is InChI=1S/C19H18N4O3/c1-15-4-6-16(7-5-15)8-9-18(24)21-11-13-22(14-12-21)19-17(23(25)26)3-2-10-20-19/h2-7,10H,11-14H2,1H3. The molecule has 2 heterocycles. The first-order chi connectivity index (χ1) is 12.5. The van der Waals surface area contributed by atoms with Gasteiger partial charge >= 0.3 is 5.69 Å². The third kappa shape index (κ3) is 3.98. The number of rotatable bonds is 2. The summed E-state index contributed by atoms with van der Waals surface area (Å²) in [4.78, 5) is 30.6. The number of anilines is 1. The number of aryl methyl sites for hydroxylation is 1. The molecular weight excluding hydrogens is 332 g/mol. The van der Waals surface area contributed by atoms with E-state index in [1.807, 2.05) is 36.1 Å². The van der Waals surface area contributed by atoms with Crippen molar-refractivity contribution in [3.63, 3.8) is 0 Å². The Labute approximate surface area is 151 Å². The van der Waals surface area contributed by atoms with E-state index in [0.29, 0.717) is 32.0 Å². The molecule has 1 aromatic carbocycles. The quantitative estimate of drug-likeness (QED) is 0.470. The van der Waals surface area contributed by atoms with Crippen molar-refractivity contribution in [2.24, 2.45) is 0 Å². The lowest BCUT2D eigenvalue weighted by atomic mass is 10.1. The maximum Gasteiger partial charge on any atom is 0.311 e. The fourth-order valence-corrected chi connectivity index (χ4v) is 2.74. The monoisotopic (exact) mass is 350 g/mol. The zero-order chi connectivity index (χ0) is 18.5. The Morgan fingerprint density at radius 3 is 2.50 bits per heavy atom. The molecule has 132 valence electrons. The number of hydrogen-bond donors (Lipinski definition) is 0. The van der Waals surface area contributed by atoms with E-state index in [0.717, 1.165) is 11.1 Å². The van der Waals surface area contributed by atoms with E-state index in [9.17, 15) is 14.9 Å². The molecule has 0 spiro atoms. The maximum atomic E-state index is 12.3. The number of nitrogens with zero attached hydrogens (tertiary/aromatic N) is 4. The van der Waals surface area contributed by atoms with E-state index < -0.39 is 4.92 Å². The molecule has 0 aliphatic carbocycles. The van der Waals surface area contributed by atoms with Crippen LogP contribution in [0.1, 0.15) is 11.1 Å². The lowest BCUT2D eigenvalue weighted by Crippen LogP contribution is -2.48. The number of benzene rings is 1. The fourth-order valence-electron chi connectivity index (χ4n) is 2.74. The SMILES string of the molecule is Cc1ccc(C#CC(=O)N2CCN(c3ncccc3[N+](=O)[O-])CC2)cc1. The van der Waals surface area contributed by atoms with Crippen LogP contribution in [0.3, 0.4) is 0 Å². The van der Waals surface area contributed by atoms with Gasteiger partial charge in [-0.3, -0.25) is 14.9 Å². The minimum Gasteiger partial charge on any atom is -0.347 e. The third-order valence-corrected chi connectivity index (χ3v) is 4.19. The summed E-state index contributed by atoms with van der Waals surface area (Å²) in [6.45, 7) is 3.86. The molecule has 0 bridgehead atoms. The minimum atomic E-state index is -0.438. The van der Waals surface area contributed by atoms with Crippen LogP contribution in [-0.4, -0.2) is 46.9 Å². The Kier molecular flexibility index (Phi) is 5.13. The molecule has 1 fully saturated rings. The average Bonchev–Trinajstić information content (AvgIpc) is 2.67. The molecule has 1 aliphatic heterocycles. The summed E-state index contributed by atoms with van der Waals surface area (Å²) < 4.78 is 0. The predicted molar refractivity (Wildman–Crippen MR) is 97.7 cm³/mol. The molecule has 1 aliphatic rings. The van der Waals surface area contributed by atoms with Crippen molar-refractivity contribution >= 4 is 17.4 Å². The number of aromatic nitrogens is 1. The summed E-state index contributed by atoms with van der Waals surface area (Å²) in [6, 6.07) is 10.6. The highest BCUT2D eigenvalue weighted by molar-refractivity contribution is 5.94. The smallest absolute Gasteiger partial charge is 0.311 e. The Morgan fingerprint density at radius 2 is 1.85 bits per heavy atom. The topological polar surface area (TPSA) is 79.6 Å².